The van der Waals surface area contributed by atoms with Gasteiger partial charge in [-0.1, -0.05) is 60.7 Å². The number of H-pyrrole nitrogens is 1. The number of esters is 1. The molecule has 2 aliphatic heterocycles. The molecule has 56 heavy (non-hydrogen) atoms. The van der Waals surface area contributed by atoms with Crippen LogP contribution in [0.1, 0.15) is 60.9 Å². The van der Waals surface area contributed by atoms with Crippen molar-refractivity contribution in [3.8, 4) is 0 Å². The molecule has 2 amide bonds. The van der Waals surface area contributed by atoms with Crippen molar-refractivity contribution in [3.63, 3.8) is 0 Å². The number of nitrogens with zero attached hydrogens (tertiary/aromatic N) is 4. The maximum Gasteiger partial charge on any atom is 0.305 e. The molecule has 0 bridgehead atoms. The molecule has 4 N–H and O–H groups in total. The van der Waals surface area contributed by atoms with E-state index in [0.29, 0.717) is 55.0 Å². The number of aromatic nitrogens is 4. The first-order valence-electron chi connectivity index (χ1n) is 19.3. The molecular weight excluding hydrogens is 729 g/mol. The van der Waals surface area contributed by atoms with Gasteiger partial charge in [0.25, 0.3) is 5.91 Å². The minimum Gasteiger partial charge on any atom is -0.469 e. The first-order chi connectivity index (χ1) is 26.9. The molecule has 7 rings (SSSR count). The summed E-state index contributed by atoms with van der Waals surface area (Å²) in [5, 5.41) is 23.0. The summed E-state index contributed by atoms with van der Waals surface area (Å²) in [4.78, 5) is 57.0. The fourth-order valence-corrected chi connectivity index (χ4v) is 11.4. The molecular formula is C42H50N6O7Si. The molecule has 0 saturated carbocycles. The van der Waals surface area contributed by atoms with Gasteiger partial charge in [0.2, 0.25) is 5.91 Å². The highest BCUT2D eigenvalue weighted by Crippen LogP contribution is 2.60. The van der Waals surface area contributed by atoms with Crippen LogP contribution in [0, 0.1) is 5.92 Å². The van der Waals surface area contributed by atoms with Gasteiger partial charge in [-0.05, 0) is 67.7 Å². The number of hydrogen-bond donors (Lipinski definition) is 4. The van der Waals surface area contributed by atoms with Gasteiger partial charge in [0, 0.05) is 65.5 Å². The van der Waals surface area contributed by atoms with Crippen LogP contribution in [0.3, 0.4) is 0 Å². The van der Waals surface area contributed by atoms with E-state index in [1.165, 1.54) is 7.11 Å². The normalized spacial score (nSPS) is 21.1. The lowest BCUT2D eigenvalue weighted by atomic mass is 9.82. The van der Waals surface area contributed by atoms with Crippen LogP contribution in [0.2, 0.25) is 18.6 Å². The predicted molar refractivity (Wildman–Crippen MR) is 214 cm³/mol. The Morgan fingerprint density at radius 2 is 1.84 bits per heavy atom. The molecule has 0 radical (unpaired) electrons. The summed E-state index contributed by atoms with van der Waals surface area (Å²) in [5.74, 6) is -1.46. The van der Waals surface area contributed by atoms with E-state index in [9.17, 15) is 24.3 Å². The van der Waals surface area contributed by atoms with E-state index in [2.05, 4.69) is 20.6 Å². The number of rotatable bonds is 15. The van der Waals surface area contributed by atoms with Gasteiger partial charge in [-0.3, -0.25) is 19.1 Å². The van der Waals surface area contributed by atoms with Crippen molar-refractivity contribution in [2.45, 2.75) is 81.8 Å². The van der Waals surface area contributed by atoms with Crippen LogP contribution in [0.25, 0.3) is 10.9 Å². The first-order valence-corrected chi connectivity index (χ1v) is 22.3. The maximum absolute atomic E-state index is 14.9. The monoisotopic (exact) mass is 778 g/mol. The number of aromatic amines is 1. The third-order valence-corrected chi connectivity index (χ3v) is 14.0. The highest BCUT2D eigenvalue weighted by Gasteiger charge is 2.66. The Morgan fingerprint density at radius 1 is 1.07 bits per heavy atom. The van der Waals surface area contributed by atoms with Gasteiger partial charge < -0.3 is 34.6 Å². The van der Waals surface area contributed by atoms with Crippen LogP contribution in [0.5, 0.6) is 0 Å². The van der Waals surface area contributed by atoms with Crippen LogP contribution in [-0.2, 0) is 42.4 Å². The topological polar surface area (TPSA) is 172 Å². The molecule has 4 heterocycles. The Bertz CT molecular complexity index is 2200. The first kappa shape index (κ1) is 39.1. The lowest BCUT2D eigenvalue weighted by Gasteiger charge is -2.32. The van der Waals surface area contributed by atoms with Crippen molar-refractivity contribution in [2.24, 2.45) is 5.92 Å². The Labute approximate surface area is 327 Å². The number of aliphatic hydroxyl groups excluding tert-OH is 1. The van der Waals surface area contributed by atoms with Crippen LogP contribution in [0.4, 0.5) is 11.4 Å². The summed E-state index contributed by atoms with van der Waals surface area (Å²) < 4.78 is 13.6. The number of unbranched alkanes of at least 4 members (excludes halogenated alkanes) is 1. The van der Waals surface area contributed by atoms with Crippen LogP contribution in [-0.4, -0.2) is 82.3 Å². The van der Waals surface area contributed by atoms with E-state index in [0.717, 1.165) is 22.0 Å². The van der Waals surface area contributed by atoms with E-state index >= 15 is 0 Å². The van der Waals surface area contributed by atoms with Crippen molar-refractivity contribution < 1.29 is 33.8 Å². The second-order valence-corrected chi connectivity index (χ2v) is 19.5. The Morgan fingerprint density at radius 3 is 2.59 bits per heavy atom. The summed E-state index contributed by atoms with van der Waals surface area (Å²) in [6.45, 7) is 6.41. The summed E-state index contributed by atoms with van der Waals surface area (Å²) >= 11 is 0. The molecule has 1 spiro atoms. The van der Waals surface area contributed by atoms with Crippen molar-refractivity contribution in [3.05, 3.63) is 108 Å². The van der Waals surface area contributed by atoms with Crippen molar-refractivity contribution in [1.82, 2.24) is 20.0 Å². The van der Waals surface area contributed by atoms with Gasteiger partial charge in [-0.15, -0.1) is 5.10 Å². The van der Waals surface area contributed by atoms with Gasteiger partial charge in [-0.25, -0.2) is 0 Å². The third kappa shape index (κ3) is 7.53. The number of ether oxygens (including phenoxy) is 2. The van der Waals surface area contributed by atoms with Crippen molar-refractivity contribution in [1.29, 1.82) is 0 Å². The second-order valence-electron chi connectivity index (χ2n) is 15.5. The van der Waals surface area contributed by atoms with E-state index in [1.54, 1.807) is 15.6 Å². The zero-order valence-corrected chi connectivity index (χ0v) is 33.3. The molecule has 2 aliphatic rings. The molecule has 0 aliphatic carbocycles. The fraction of sp³-hybridized carbons (Fsp3) is 0.405. The molecule has 13 nitrogen and oxygen atoms in total. The third-order valence-electron chi connectivity index (χ3n) is 11.5. The molecule has 1 saturated heterocycles. The van der Waals surface area contributed by atoms with E-state index in [4.69, 9.17) is 9.47 Å². The number of carbonyl (C=O) groups is 3. The number of anilines is 2. The quantitative estimate of drug-likeness (QED) is 0.0596. The lowest BCUT2D eigenvalue weighted by Crippen LogP contribution is -2.46. The summed E-state index contributed by atoms with van der Waals surface area (Å²) in [6.07, 6.45) is 5.14. The number of methoxy groups -OCH3 is 1. The molecule has 1 unspecified atom stereocenters. The molecule has 1 fully saturated rings. The lowest BCUT2D eigenvalue weighted by molar-refractivity contribution is -0.146. The molecule has 294 valence electrons. The second kappa shape index (κ2) is 16.1. The standard InChI is InChI=1S/C42H50N6O7Si/c1-27-40(56(3,4)53)37(19-21-47-25-35(45-46-47)32(26-49)28-12-6-5-7-13-28)55-42(27)33-23-30(44-38(50)22-29-24-43-34-15-9-8-14-31(29)34)17-18-36(33)48(41(42)52)20-11-10-16-39(51)54-2/h5-9,12-15,17-18,23-25,27,32,37,40,43,49,53H,10-11,16,19-22,26H2,1-4H3,(H,44,50)/t27-,32?,37+,40-,42+/m1/s1. The van der Waals surface area contributed by atoms with E-state index in [-0.39, 0.29) is 48.7 Å². The molecule has 3 aromatic carbocycles. The number of nitrogens with one attached hydrogen (secondary N) is 2. The largest absolute Gasteiger partial charge is 0.469 e. The minimum atomic E-state index is -2.96. The van der Waals surface area contributed by atoms with Gasteiger partial charge in [0.05, 0.1) is 43.5 Å². The predicted octanol–water partition coefficient (Wildman–Crippen LogP) is 5.64. The SMILES string of the molecule is COC(=O)CCCCN1C(=O)[C@@]2(O[C@@H](CCn3cc(C(CO)c4ccccc4)nn3)[C@H]([Si](C)(C)O)[C@H]2C)c2cc(NC(=O)Cc3c[nH]c4ccccc34)ccc21. The van der Waals surface area contributed by atoms with Gasteiger partial charge in [0.1, 0.15) is 0 Å². The average molecular weight is 779 g/mol. The summed E-state index contributed by atoms with van der Waals surface area (Å²) in [5.41, 5.74) is 3.55. The smallest absolute Gasteiger partial charge is 0.305 e. The number of aliphatic hydroxyl groups is 1. The molecule has 14 heteroatoms. The highest BCUT2D eigenvalue weighted by atomic mass is 28.4. The number of para-hydroxylation sites is 1. The van der Waals surface area contributed by atoms with E-state index < -0.39 is 25.9 Å². The number of fused-ring (bicyclic) bond motifs is 3. The number of hydrogen-bond acceptors (Lipinski definition) is 9. The molecule has 5 atom stereocenters. The van der Waals surface area contributed by atoms with Crippen LogP contribution >= 0.6 is 0 Å². The summed E-state index contributed by atoms with van der Waals surface area (Å²) in [6, 6.07) is 23.0. The van der Waals surface area contributed by atoms with Crippen LogP contribution < -0.4 is 10.2 Å². The number of aryl methyl sites for hydroxylation is 1. The van der Waals surface area contributed by atoms with Gasteiger partial charge in [0.15, 0.2) is 13.9 Å². The summed E-state index contributed by atoms with van der Waals surface area (Å²) in [7, 11) is -1.60. The number of amides is 2. The van der Waals surface area contributed by atoms with Crippen molar-refractivity contribution in [2.75, 3.05) is 30.5 Å². The van der Waals surface area contributed by atoms with Gasteiger partial charge in [-0.2, -0.15) is 0 Å². The van der Waals surface area contributed by atoms with Crippen LogP contribution in [0.15, 0.2) is 85.2 Å². The van der Waals surface area contributed by atoms with E-state index in [1.807, 2.05) is 99.1 Å². The highest BCUT2D eigenvalue weighted by molar-refractivity contribution is 6.71. The van der Waals surface area contributed by atoms with Gasteiger partial charge >= 0.3 is 5.97 Å². The Hall–Kier alpha value is -5.15. The average Bonchev–Trinajstić information content (AvgIpc) is 3.94. The fourth-order valence-electron chi connectivity index (χ4n) is 8.84. The molecule has 2 aromatic heterocycles. The Balaban J connectivity index is 1.17. The number of carbonyl (C=O) groups excluding carboxylic acids is 3. The zero-order valence-electron chi connectivity index (χ0n) is 32.3. The Kier molecular flexibility index (Phi) is 11.3. The zero-order chi connectivity index (χ0) is 39.6. The molecule has 5 aromatic rings. The van der Waals surface area contributed by atoms with Crippen molar-refractivity contribution >= 4 is 48.4 Å². The minimum absolute atomic E-state index is 0.118. The number of benzene rings is 3. The maximum atomic E-state index is 14.9.